The highest BCUT2D eigenvalue weighted by atomic mass is 14.5. The van der Waals surface area contributed by atoms with Crippen LogP contribution in [0.2, 0.25) is 0 Å². The summed E-state index contributed by atoms with van der Waals surface area (Å²) < 4.78 is 0. The average Bonchev–Trinajstić information content (AvgIpc) is 2.88. The fraction of sp³-hybridized carbons (Fsp3) is 0.943. The molecule has 36 heavy (non-hydrogen) atoms. The summed E-state index contributed by atoms with van der Waals surface area (Å²) in [5, 5.41) is 0. The highest BCUT2D eigenvalue weighted by molar-refractivity contribution is 4.93. The molecule has 0 spiro atoms. The largest absolute Gasteiger partial charge is 0.330 e. The van der Waals surface area contributed by atoms with Crippen LogP contribution in [0.15, 0.2) is 12.2 Å². The van der Waals surface area contributed by atoms with Gasteiger partial charge in [-0.3, -0.25) is 0 Å². The molecule has 0 saturated carbocycles. The minimum atomic E-state index is 0.869. The van der Waals surface area contributed by atoms with E-state index in [9.17, 15) is 0 Å². The highest BCUT2D eigenvalue weighted by Crippen LogP contribution is 2.18. The number of allylic oxidation sites excluding steroid dienone is 1. The summed E-state index contributed by atoms with van der Waals surface area (Å²) in [6, 6.07) is 0. The molecule has 0 bridgehead atoms. The third kappa shape index (κ3) is 31.7. The summed E-state index contributed by atoms with van der Waals surface area (Å²) in [5.41, 5.74) is 7.06. The van der Waals surface area contributed by atoms with Gasteiger partial charge in [-0.05, 0) is 38.6 Å². The highest BCUT2D eigenvalue weighted by Gasteiger charge is 1.99. The summed E-state index contributed by atoms with van der Waals surface area (Å²) in [6.07, 6.45) is 44.1. The molecule has 0 aliphatic carbocycles. The second-order valence-electron chi connectivity index (χ2n) is 11.9. The number of rotatable bonds is 32. The first-order chi connectivity index (χ1) is 17.8. The maximum atomic E-state index is 5.54. The summed E-state index contributed by atoms with van der Waals surface area (Å²) in [7, 11) is 0. The minimum absolute atomic E-state index is 0.869. The molecule has 0 amide bonds. The minimum Gasteiger partial charge on any atom is -0.330 e. The molecule has 0 aliphatic rings. The Hall–Kier alpha value is -0.300. The Morgan fingerprint density at radius 1 is 0.361 bits per heavy atom. The van der Waals surface area contributed by atoms with Crippen molar-refractivity contribution in [1.82, 2.24) is 0 Å². The van der Waals surface area contributed by atoms with Gasteiger partial charge in [0.1, 0.15) is 0 Å². The molecule has 0 heterocycles. The van der Waals surface area contributed by atoms with Gasteiger partial charge in [0, 0.05) is 0 Å². The van der Waals surface area contributed by atoms with Crippen LogP contribution in [0.3, 0.4) is 0 Å². The molecule has 0 aromatic rings. The monoisotopic (exact) mass is 506 g/mol. The van der Waals surface area contributed by atoms with Gasteiger partial charge in [-0.2, -0.15) is 0 Å². The van der Waals surface area contributed by atoms with Gasteiger partial charge in [0.15, 0.2) is 0 Å². The van der Waals surface area contributed by atoms with E-state index in [2.05, 4.69) is 13.5 Å². The maximum absolute atomic E-state index is 5.54. The van der Waals surface area contributed by atoms with Gasteiger partial charge in [0.25, 0.3) is 0 Å². The molecule has 0 rings (SSSR count). The molecule has 216 valence electrons. The Morgan fingerprint density at radius 3 is 0.833 bits per heavy atom. The normalized spacial score (nSPS) is 11.4. The van der Waals surface area contributed by atoms with Gasteiger partial charge in [-0.25, -0.2) is 0 Å². The predicted molar refractivity (Wildman–Crippen MR) is 167 cm³/mol. The van der Waals surface area contributed by atoms with Crippen LogP contribution in [0.1, 0.15) is 206 Å². The zero-order valence-corrected chi connectivity index (χ0v) is 25.4. The maximum Gasteiger partial charge on any atom is -0.00773 e. The second-order valence-corrected chi connectivity index (χ2v) is 11.9. The predicted octanol–water partition coefficient (Wildman–Crippen LogP) is 12.6. The molecule has 0 aromatic carbocycles. The van der Waals surface area contributed by atoms with Crippen molar-refractivity contribution in [1.29, 1.82) is 0 Å². The van der Waals surface area contributed by atoms with Crippen LogP contribution in [0, 0.1) is 0 Å². The Bertz CT molecular complexity index is 365. The Balaban J connectivity index is 3.14. The standard InChI is InChI=1S/C35H71N/c1-3-4-5-6-7-8-9-10-11-14-17-20-23-26-29-32-35(2)33-30-27-24-21-18-15-12-13-16-19-22-25-28-31-34-36/h2-34,36H2,1H3. The van der Waals surface area contributed by atoms with Crippen LogP contribution < -0.4 is 5.73 Å². The van der Waals surface area contributed by atoms with E-state index in [-0.39, 0.29) is 0 Å². The van der Waals surface area contributed by atoms with Gasteiger partial charge in [-0.15, -0.1) is 0 Å². The van der Waals surface area contributed by atoms with Crippen molar-refractivity contribution in [2.75, 3.05) is 6.54 Å². The van der Waals surface area contributed by atoms with Gasteiger partial charge >= 0.3 is 0 Å². The lowest BCUT2D eigenvalue weighted by Crippen LogP contribution is -1.97. The van der Waals surface area contributed by atoms with Crippen LogP contribution in [-0.4, -0.2) is 6.54 Å². The van der Waals surface area contributed by atoms with Crippen molar-refractivity contribution in [2.45, 2.75) is 206 Å². The summed E-state index contributed by atoms with van der Waals surface area (Å²) in [5.74, 6) is 0. The molecule has 0 saturated heterocycles. The summed E-state index contributed by atoms with van der Waals surface area (Å²) in [6.45, 7) is 7.53. The van der Waals surface area contributed by atoms with E-state index in [0.717, 1.165) is 6.54 Å². The van der Waals surface area contributed by atoms with Crippen molar-refractivity contribution >= 4 is 0 Å². The van der Waals surface area contributed by atoms with E-state index in [0.29, 0.717) is 0 Å². The van der Waals surface area contributed by atoms with Crippen molar-refractivity contribution in [3.63, 3.8) is 0 Å². The molecule has 0 fully saturated rings. The van der Waals surface area contributed by atoms with Crippen molar-refractivity contribution < 1.29 is 0 Å². The van der Waals surface area contributed by atoms with E-state index in [1.807, 2.05) is 0 Å². The Morgan fingerprint density at radius 2 is 0.583 bits per heavy atom. The smallest absolute Gasteiger partial charge is 0.00773 e. The molecular weight excluding hydrogens is 434 g/mol. The van der Waals surface area contributed by atoms with Crippen LogP contribution in [0.25, 0.3) is 0 Å². The molecule has 0 unspecified atom stereocenters. The molecule has 1 nitrogen and oxygen atoms in total. The lowest BCUT2D eigenvalue weighted by atomic mass is 10.00. The molecule has 0 atom stereocenters. The van der Waals surface area contributed by atoms with Gasteiger partial charge < -0.3 is 5.73 Å². The molecule has 2 N–H and O–H groups in total. The van der Waals surface area contributed by atoms with E-state index in [1.54, 1.807) is 0 Å². The average molecular weight is 506 g/mol. The second kappa shape index (κ2) is 32.7. The van der Waals surface area contributed by atoms with Gasteiger partial charge in [-0.1, -0.05) is 186 Å². The van der Waals surface area contributed by atoms with Crippen LogP contribution in [0.5, 0.6) is 0 Å². The summed E-state index contributed by atoms with van der Waals surface area (Å²) in [4.78, 5) is 0. The van der Waals surface area contributed by atoms with Gasteiger partial charge in [0.05, 0.1) is 0 Å². The van der Waals surface area contributed by atoms with Crippen LogP contribution in [-0.2, 0) is 0 Å². The van der Waals surface area contributed by atoms with E-state index in [1.165, 1.54) is 205 Å². The number of nitrogens with two attached hydrogens (primary N) is 1. The SMILES string of the molecule is C=C(CCCCCCCCCCCCCCCCC)CCCCCCCCCCCCCCCCN. The van der Waals surface area contributed by atoms with Crippen molar-refractivity contribution in [3.05, 3.63) is 12.2 Å². The number of unbranched alkanes of at least 4 members (excludes halogenated alkanes) is 27. The number of hydrogen-bond acceptors (Lipinski definition) is 1. The summed E-state index contributed by atoms with van der Waals surface area (Å²) >= 11 is 0. The van der Waals surface area contributed by atoms with Crippen molar-refractivity contribution in [3.8, 4) is 0 Å². The molecule has 0 aromatic heterocycles. The van der Waals surface area contributed by atoms with Gasteiger partial charge in [0.2, 0.25) is 0 Å². The van der Waals surface area contributed by atoms with E-state index < -0.39 is 0 Å². The third-order valence-corrected chi connectivity index (χ3v) is 8.12. The molecule has 0 aliphatic heterocycles. The number of hydrogen-bond donors (Lipinski definition) is 1. The van der Waals surface area contributed by atoms with Crippen LogP contribution in [0.4, 0.5) is 0 Å². The van der Waals surface area contributed by atoms with Crippen LogP contribution >= 0.6 is 0 Å². The first-order valence-corrected chi connectivity index (χ1v) is 17.2. The Labute approximate surface area is 230 Å². The van der Waals surface area contributed by atoms with Crippen molar-refractivity contribution in [2.24, 2.45) is 5.73 Å². The Kier molecular flexibility index (Phi) is 32.5. The zero-order valence-electron chi connectivity index (χ0n) is 25.4. The van der Waals surface area contributed by atoms with E-state index >= 15 is 0 Å². The zero-order chi connectivity index (χ0) is 26.2. The fourth-order valence-corrected chi connectivity index (χ4v) is 5.51. The lowest BCUT2D eigenvalue weighted by Gasteiger charge is -2.07. The molecular formula is C35H71N. The third-order valence-electron chi connectivity index (χ3n) is 8.12. The topological polar surface area (TPSA) is 26.0 Å². The lowest BCUT2D eigenvalue weighted by molar-refractivity contribution is 0.529. The first-order valence-electron chi connectivity index (χ1n) is 17.2. The van der Waals surface area contributed by atoms with E-state index in [4.69, 9.17) is 5.73 Å². The molecule has 0 radical (unpaired) electrons. The molecule has 1 heteroatoms. The first kappa shape index (κ1) is 35.7. The fourth-order valence-electron chi connectivity index (χ4n) is 5.51. The quantitative estimate of drug-likeness (QED) is 0.0713.